The van der Waals surface area contributed by atoms with Crippen molar-refractivity contribution in [3.05, 3.63) is 0 Å². The van der Waals surface area contributed by atoms with Crippen LogP contribution in [0.3, 0.4) is 0 Å². The van der Waals surface area contributed by atoms with Gasteiger partial charge < -0.3 is 5.11 Å². The smallest absolute Gasteiger partial charge is 0.304 e. The van der Waals surface area contributed by atoms with Gasteiger partial charge in [-0.2, -0.15) is 0 Å². The van der Waals surface area contributed by atoms with Crippen LogP contribution in [0.25, 0.3) is 0 Å². The summed E-state index contributed by atoms with van der Waals surface area (Å²) in [4.78, 5) is 12.6. The Kier molecular flexibility index (Phi) is 4.48. The topological polar surface area (TPSA) is 40.5 Å². The fourth-order valence-electron chi connectivity index (χ4n) is 2.02. The Hall–Kier alpha value is -1.01. The van der Waals surface area contributed by atoms with E-state index in [-0.39, 0.29) is 6.42 Å². The first-order chi connectivity index (χ1) is 6.74. The molecule has 1 fully saturated rings. The minimum Gasteiger partial charge on any atom is -0.481 e. The van der Waals surface area contributed by atoms with Crippen LogP contribution in [0.1, 0.15) is 32.1 Å². The van der Waals surface area contributed by atoms with Crippen molar-refractivity contribution in [3.63, 3.8) is 0 Å². The minimum absolute atomic E-state index is 0.193. The third-order valence-corrected chi connectivity index (χ3v) is 2.75. The van der Waals surface area contributed by atoms with Gasteiger partial charge in [0.1, 0.15) is 0 Å². The Morgan fingerprint density at radius 2 is 2.14 bits per heavy atom. The number of rotatable bonds is 5. The number of aliphatic carboxylic acids is 1. The standard InChI is InChI=1S/C11H17NO2/c1-2-8-12(9-7-11(13)14)10-5-3-4-6-10/h1,10H,3-9H2,(H,13,14). The van der Waals surface area contributed by atoms with Gasteiger partial charge in [-0.05, 0) is 12.8 Å². The molecule has 3 heteroatoms. The zero-order valence-corrected chi connectivity index (χ0v) is 8.41. The van der Waals surface area contributed by atoms with Crippen LogP contribution in [0.5, 0.6) is 0 Å². The lowest BCUT2D eigenvalue weighted by atomic mass is 10.2. The quantitative estimate of drug-likeness (QED) is 0.673. The number of nitrogens with zero attached hydrogens (tertiary/aromatic N) is 1. The lowest BCUT2D eigenvalue weighted by Crippen LogP contribution is -2.35. The van der Waals surface area contributed by atoms with Gasteiger partial charge in [-0.15, -0.1) is 6.42 Å². The monoisotopic (exact) mass is 195 g/mol. The van der Waals surface area contributed by atoms with Gasteiger partial charge in [0.15, 0.2) is 0 Å². The van der Waals surface area contributed by atoms with Crippen molar-refractivity contribution in [1.29, 1.82) is 0 Å². The largest absolute Gasteiger partial charge is 0.481 e. The highest BCUT2D eigenvalue weighted by atomic mass is 16.4. The molecule has 1 saturated carbocycles. The van der Waals surface area contributed by atoms with Crippen LogP contribution in [-0.4, -0.2) is 35.1 Å². The molecule has 0 amide bonds. The Bertz CT molecular complexity index is 226. The number of hydrogen-bond acceptors (Lipinski definition) is 2. The van der Waals surface area contributed by atoms with Gasteiger partial charge in [0.05, 0.1) is 13.0 Å². The summed E-state index contributed by atoms with van der Waals surface area (Å²) in [6.07, 6.45) is 10.3. The Balaban J connectivity index is 2.37. The molecule has 1 aliphatic carbocycles. The third kappa shape index (κ3) is 3.39. The Labute approximate surface area is 85.1 Å². The second-order valence-corrected chi connectivity index (χ2v) is 3.76. The molecule has 0 spiro atoms. The van der Waals surface area contributed by atoms with Crippen molar-refractivity contribution in [1.82, 2.24) is 4.90 Å². The summed E-state index contributed by atoms with van der Waals surface area (Å²) in [7, 11) is 0. The minimum atomic E-state index is -0.745. The predicted octanol–water partition coefficient (Wildman–Crippen LogP) is 1.34. The zero-order valence-electron chi connectivity index (χ0n) is 8.41. The maximum atomic E-state index is 10.4. The normalized spacial score (nSPS) is 17.1. The van der Waals surface area contributed by atoms with Gasteiger partial charge in [0.2, 0.25) is 0 Å². The number of carboxylic acids is 1. The molecule has 0 aliphatic heterocycles. The average molecular weight is 195 g/mol. The zero-order chi connectivity index (χ0) is 10.4. The summed E-state index contributed by atoms with van der Waals surface area (Å²) >= 11 is 0. The lowest BCUT2D eigenvalue weighted by molar-refractivity contribution is -0.137. The van der Waals surface area contributed by atoms with E-state index in [0.717, 1.165) is 0 Å². The first kappa shape index (κ1) is 11.1. The molecule has 0 aromatic carbocycles. The van der Waals surface area contributed by atoms with E-state index in [9.17, 15) is 4.79 Å². The number of carboxylic acid groups (broad SMARTS) is 1. The molecule has 0 aromatic rings. The van der Waals surface area contributed by atoms with Gasteiger partial charge in [-0.3, -0.25) is 9.69 Å². The molecular formula is C11H17NO2. The number of hydrogen-bond donors (Lipinski definition) is 1. The van der Waals surface area contributed by atoms with Crippen LogP contribution in [0.4, 0.5) is 0 Å². The molecule has 3 nitrogen and oxygen atoms in total. The number of terminal acetylenes is 1. The molecule has 14 heavy (non-hydrogen) atoms. The molecule has 0 saturated heterocycles. The van der Waals surface area contributed by atoms with Crippen molar-refractivity contribution in [3.8, 4) is 12.3 Å². The van der Waals surface area contributed by atoms with E-state index in [0.29, 0.717) is 19.1 Å². The summed E-state index contributed by atoms with van der Waals surface area (Å²) in [6.45, 7) is 1.17. The Morgan fingerprint density at radius 1 is 1.50 bits per heavy atom. The number of carbonyl (C=O) groups is 1. The molecule has 0 atom stereocenters. The second-order valence-electron chi connectivity index (χ2n) is 3.76. The molecule has 78 valence electrons. The van der Waals surface area contributed by atoms with Crippen LogP contribution in [-0.2, 0) is 4.79 Å². The molecular weight excluding hydrogens is 178 g/mol. The van der Waals surface area contributed by atoms with Crippen molar-refractivity contribution >= 4 is 5.97 Å². The van der Waals surface area contributed by atoms with E-state index in [4.69, 9.17) is 11.5 Å². The van der Waals surface area contributed by atoms with E-state index in [1.165, 1.54) is 25.7 Å². The van der Waals surface area contributed by atoms with E-state index in [1.807, 2.05) is 0 Å². The van der Waals surface area contributed by atoms with Crippen LogP contribution >= 0.6 is 0 Å². The van der Waals surface area contributed by atoms with Gasteiger partial charge in [0, 0.05) is 12.6 Å². The maximum Gasteiger partial charge on any atom is 0.304 e. The maximum absolute atomic E-state index is 10.4. The van der Waals surface area contributed by atoms with Crippen molar-refractivity contribution in [2.24, 2.45) is 0 Å². The van der Waals surface area contributed by atoms with E-state index >= 15 is 0 Å². The van der Waals surface area contributed by atoms with Crippen LogP contribution in [0, 0.1) is 12.3 Å². The van der Waals surface area contributed by atoms with Crippen molar-refractivity contribution in [2.45, 2.75) is 38.1 Å². The molecule has 0 aromatic heterocycles. The average Bonchev–Trinajstić information content (AvgIpc) is 2.64. The van der Waals surface area contributed by atoms with Crippen molar-refractivity contribution < 1.29 is 9.90 Å². The Morgan fingerprint density at radius 3 is 2.64 bits per heavy atom. The molecule has 0 heterocycles. The highest BCUT2D eigenvalue weighted by molar-refractivity contribution is 5.66. The molecule has 1 aliphatic rings. The lowest BCUT2D eigenvalue weighted by Gasteiger charge is -2.25. The molecule has 1 rings (SSSR count). The fraction of sp³-hybridized carbons (Fsp3) is 0.727. The fourth-order valence-corrected chi connectivity index (χ4v) is 2.02. The van der Waals surface area contributed by atoms with Crippen LogP contribution < -0.4 is 0 Å². The summed E-state index contributed by atoms with van der Waals surface area (Å²) in [5.74, 6) is 1.86. The van der Waals surface area contributed by atoms with E-state index in [2.05, 4.69) is 10.8 Å². The molecule has 1 N–H and O–H groups in total. The first-order valence-corrected chi connectivity index (χ1v) is 5.13. The van der Waals surface area contributed by atoms with Gasteiger partial charge in [0.25, 0.3) is 0 Å². The predicted molar refractivity (Wildman–Crippen MR) is 54.9 cm³/mol. The van der Waals surface area contributed by atoms with Crippen molar-refractivity contribution in [2.75, 3.05) is 13.1 Å². The third-order valence-electron chi connectivity index (χ3n) is 2.75. The summed E-state index contributed by atoms with van der Waals surface area (Å²) < 4.78 is 0. The van der Waals surface area contributed by atoms with Crippen LogP contribution in [0.2, 0.25) is 0 Å². The highest BCUT2D eigenvalue weighted by Gasteiger charge is 2.21. The van der Waals surface area contributed by atoms with Gasteiger partial charge in [-0.1, -0.05) is 18.8 Å². The summed E-state index contributed by atoms with van der Waals surface area (Å²) in [5, 5.41) is 8.60. The molecule has 0 bridgehead atoms. The molecule has 0 unspecified atom stereocenters. The van der Waals surface area contributed by atoms with Crippen LogP contribution in [0.15, 0.2) is 0 Å². The summed E-state index contributed by atoms with van der Waals surface area (Å²) in [6, 6.07) is 0.519. The van der Waals surface area contributed by atoms with E-state index < -0.39 is 5.97 Å². The second kappa shape index (κ2) is 5.66. The molecule has 0 radical (unpaired) electrons. The van der Waals surface area contributed by atoms with Gasteiger partial charge in [-0.25, -0.2) is 0 Å². The highest BCUT2D eigenvalue weighted by Crippen LogP contribution is 2.23. The van der Waals surface area contributed by atoms with E-state index in [1.54, 1.807) is 0 Å². The van der Waals surface area contributed by atoms with Gasteiger partial charge >= 0.3 is 5.97 Å². The SMILES string of the molecule is C#CCN(CCC(=O)O)C1CCCC1. The first-order valence-electron chi connectivity index (χ1n) is 5.13. The summed E-state index contributed by atoms with van der Waals surface area (Å²) in [5.41, 5.74) is 0.